The van der Waals surface area contributed by atoms with Gasteiger partial charge in [0.05, 0.1) is 0 Å². The number of rotatable bonds is 3. The maximum absolute atomic E-state index is 12.8. The van der Waals surface area contributed by atoms with E-state index in [-0.39, 0.29) is 17.9 Å². The Labute approximate surface area is 130 Å². The van der Waals surface area contributed by atoms with Crippen LogP contribution in [0.15, 0.2) is 12.4 Å². The van der Waals surface area contributed by atoms with E-state index in [0.717, 1.165) is 57.3 Å². The van der Waals surface area contributed by atoms with E-state index in [9.17, 15) is 9.59 Å². The Morgan fingerprint density at radius 3 is 2.82 bits per heavy atom. The number of hydrogen-bond acceptors (Lipinski definition) is 3. The van der Waals surface area contributed by atoms with Crippen LogP contribution in [0.5, 0.6) is 0 Å². The van der Waals surface area contributed by atoms with E-state index < -0.39 is 5.54 Å². The van der Waals surface area contributed by atoms with E-state index in [1.165, 1.54) is 6.92 Å². The zero-order valence-electron chi connectivity index (χ0n) is 13.1. The van der Waals surface area contributed by atoms with Crippen LogP contribution >= 0.6 is 0 Å². The first-order chi connectivity index (χ1) is 10.6. The molecule has 0 bridgehead atoms. The molecular formula is C16H24N4O2. The smallest absolute Gasteiger partial charge is 0.246 e. The lowest BCUT2D eigenvalue weighted by molar-refractivity contribution is -0.135. The molecule has 0 unspecified atom stereocenters. The highest BCUT2D eigenvalue weighted by atomic mass is 16.2. The van der Waals surface area contributed by atoms with Gasteiger partial charge in [-0.05, 0) is 19.3 Å². The quantitative estimate of drug-likeness (QED) is 0.879. The van der Waals surface area contributed by atoms with Crippen molar-refractivity contribution < 1.29 is 9.59 Å². The summed E-state index contributed by atoms with van der Waals surface area (Å²) in [4.78, 5) is 28.7. The molecule has 1 aliphatic carbocycles. The minimum absolute atomic E-state index is 0.0176. The summed E-state index contributed by atoms with van der Waals surface area (Å²) in [7, 11) is 0. The molecule has 120 valence electrons. The van der Waals surface area contributed by atoms with Gasteiger partial charge >= 0.3 is 0 Å². The largest absolute Gasteiger partial charge is 0.350 e. The summed E-state index contributed by atoms with van der Waals surface area (Å²) in [5, 5.41) is 6.09. The maximum Gasteiger partial charge on any atom is 0.246 e. The predicted molar refractivity (Wildman–Crippen MR) is 82.1 cm³/mol. The highest BCUT2D eigenvalue weighted by Crippen LogP contribution is 2.29. The first-order valence-corrected chi connectivity index (χ1v) is 8.19. The van der Waals surface area contributed by atoms with Gasteiger partial charge in [-0.25, -0.2) is 4.98 Å². The first-order valence-electron chi connectivity index (χ1n) is 8.19. The fraction of sp³-hybridized carbons (Fsp3) is 0.688. The second-order valence-electron chi connectivity index (χ2n) is 6.53. The second-order valence-corrected chi connectivity index (χ2v) is 6.53. The molecule has 0 aromatic carbocycles. The molecule has 22 heavy (non-hydrogen) atoms. The van der Waals surface area contributed by atoms with E-state index in [2.05, 4.69) is 20.2 Å². The van der Waals surface area contributed by atoms with Crippen molar-refractivity contribution in [2.24, 2.45) is 0 Å². The first kappa shape index (κ1) is 15.1. The summed E-state index contributed by atoms with van der Waals surface area (Å²) in [6.07, 6.45) is 10.1. The van der Waals surface area contributed by atoms with Gasteiger partial charge in [-0.3, -0.25) is 9.59 Å². The molecule has 6 nitrogen and oxygen atoms in total. The molecule has 0 saturated heterocycles. The van der Waals surface area contributed by atoms with E-state index >= 15 is 0 Å². The number of nitrogens with one attached hydrogen (secondary N) is 2. The maximum atomic E-state index is 12.8. The zero-order chi connectivity index (χ0) is 15.6. The van der Waals surface area contributed by atoms with Crippen LogP contribution in [-0.2, 0) is 22.6 Å². The van der Waals surface area contributed by atoms with Crippen molar-refractivity contribution >= 4 is 11.8 Å². The Hall–Kier alpha value is -1.85. The standard InChI is InChI=1S/C16H24N4O2/c1-12(21)19-16(7-3-2-4-8-16)15(22)18-13-5-6-14-17-9-10-20(14)11-13/h9-10,13H,2-8,11H2,1H3,(H,18,22)(H,19,21)/t13-/m1/s1. The molecule has 1 aliphatic heterocycles. The molecular weight excluding hydrogens is 280 g/mol. The summed E-state index contributed by atoms with van der Waals surface area (Å²) in [5.74, 6) is 0.938. The number of carbonyl (C=O) groups excluding carboxylic acids is 2. The van der Waals surface area contributed by atoms with Crippen LogP contribution in [0.2, 0.25) is 0 Å². The van der Waals surface area contributed by atoms with Crippen molar-refractivity contribution in [1.29, 1.82) is 0 Å². The van der Waals surface area contributed by atoms with Crippen molar-refractivity contribution in [2.45, 2.75) is 70.0 Å². The fourth-order valence-electron chi connectivity index (χ4n) is 3.71. The number of carbonyl (C=O) groups is 2. The lowest BCUT2D eigenvalue weighted by Crippen LogP contribution is -2.61. The number of fused-ring (bicyclic) bond motifs is 1. The van der Waals surface area contributed by atoms with Crippen molar-refractivity contribution in [1.82, 2.24) is 20.2 Å². The lowest BCUT2D eigenvalue weighted by Gasteiger charge is -2.38. The SMILES string of the molecule is CC(=O)NC1(C(=O)N[C@@H]2CCc3nccn3C2)CCCCC1. The molecule has 1 aromatic heterocycles. The number of aromatic nitrogens is 2. The minimum atomic E-state index is -0.709. The van der Waals surface area contributed by atoms with Crippen molar-refractivity contribution in [3.63, 3.8) is 0 Å². The third kappa shape index (κ3) is 3.00. The Bertz CT molecular complexity index is 560. The molecule has 1 aromatic rings. The number of hydrogen-bond donors (Lipinski definition) is 2. The Balaban J connectivity index is 1.68. The lowest BCUT2D eigenvalue weighted by atomic mass is 9.80. The summed E-state index contributed by atoms with van der Waals surface area (Å²) < 4.78 is 2.10. The van der Waals surface area contributed by atoms with Crippen LogP contribution in [0.4, 0.5) is 0 Å². The number of nitrogens with zero attached hydrogens (tertiary/aromatic N) is 2. The molecule has 1 atom stereocenters. The Morgan fingerprint density at radius 2 is 2.09 bits per heavy atom. The molecule has 0 spiro atoms. The Kier molecular flexibility index (Phi) is 4.18. The van der Waals surface area contributed by atoms with Gasteiger partial charge in [-0.2, -0.15) is 0 Å². The summed E-state index contributed by atoms with van der Waals surface area (Å²) in [6, 6.07) is 0.113. The average molecular weight is 304 g/mol. The van der Waals surface area contributed by atoms with Crippen molar-refractivity contribution in [3.8, 4) is 0 Å². The third-order valence-electron chi connectivity index (χ3n) is 4.83. The van der Waals surface area contributed by atoms with Crippen molar-refractivity contribution in [2.75, 3.05) is 0 Å². The molecule has 6 heteroatoms. The van der Waals surface area contributed by atoms with E-state index in [4.69, 9.17) is 0 Å². The second kappa shape index (κ2) is 6.10. The molecule has 3 rings (SSSR count). The van der Waals surface area contributed by atoms with Crippen LogP contribution in [0.3, 0.4) is 0 Å². The van der Waals surface area contributed by atoms with Gasteiger partial charge < -0.3 is 15.2 Å². The van der Waals surface area contributed by atoms with Gasteiger partial charge in [0.2, 0.25) is 11.8 Å². The van der Waals surface area contributed by atoms with Gasteiger partial charge in [0.15, 0.2) is 0 Å². The van der Waals surface area contributed by atoms with Crippen LogP contribution in [0, 0.1) is 0 Å². The number of amides is 2. The predicted octanol–water partition coefficient (Wildman–Crippen LogP) is 1.15. The molecule has 1 fully saturated rings. The monoisotopic (exact) mass is 304 g/mol. The van der Waals surface area contributed by atoms with Crippen LogP contribution < -0.4 is 10.6 Å². The summed E-state index contributed by atoms with van der Waals surface area (Å²) >= 11 is 0. The zero-order valence-corrected chi connectivity index (χ0v) is 13.1. The van der Waals surface area contributed by atoms with Gasteiger partial charge in [0, 0.05) is 38.3 Å². The molecule has 1 saturated carbocycles. The minimum Gasteiger partial charge on any atom is -0.350 e. The van der Waals surface area contributed by atoms with E-state index in [1.807, 2.05) is 6.20 Å². The summed E-state index contributed by atoms with van der Waals surface area (Å²) in [5.41, 5.74) is -0.709. The third-order valence-corrected chi connectivity index (χ3v) is 4.83. The van der Waals surface area contributed by atoms with Crippen LogP contribution in [-0.4, -0.2) is 32.9 Å². The molecule has 2 heterocycles. The molecule has 0 radical (unpaired) electrons. The molecule has 2 amide bonds. The number of imidazole rings is 1. The van der Waals surface area contributed by atoms with Crippen LogP contribution in [0.1, 0.15) is 51.3 Å². The van der Waals surface area contributed by atoms with Gasteiger partial charge in [-0.15, -0.1) is 0 Å². The van der Waals surface area contributed by atoms with Gasteiger partial charge in [0.25, 0.3) is 0 Å². The highest BCUT2D eigenvalue weighted by molar-refractivity contribution is 5.91. The van der Waals surface area contributed by atoms with Crippen molar-refractivity contribution in [3.05, 3.63) is 18.2 Å². The fourth-order valence-corrected chi connectivity index (χ4v) is 3.71. The molecule has 2 N–H and O–H groups in total. The Morgan fingerprint density at radius 1 is 1.32 bits per heavy atom. The van der Waals surface area contributed by atoms with Crippen LogP contribution in [0.25, 0.3) is 0 Å². The van der Waals surface area contributed by atoms with E-state index in [1.54, 1.807) is 6.20 Å². The molecule has 2 aliphatic rings. The normalized spacial score (nSPS) is 23.4. The number of aryl methyl sites for hydroxylation is 1. The van der Waals surface area contributed by atoms with Gasteiger partial charge in [0.1, 0.15) is 11.4 Å². The highest BCUT2D eigenvalue weighted by Gasteiger charge is 2.41. The van der Waals surface area contributed by atoms with E-state index in [0.29, 0.717) is 0 Å². The van der Waals surface area contributed by atoms with Gasteiger partial charge in [-0.1, -0.05) is 19.3 Å². The average Bonchev–Trinajstić information content (AvgIpc) is 2.95. The topological polar surface area (TPSA) is 76.0 Å². The summed E-state index contributed by atoms with van der Waals surface area (Å²) in [6.45, 7) is 2.25.